The molecule has 0 bridgehead atoms. The number of alkyl halides is 3. The molecular formula is C19H27F3N4O3. The smallest absolute Gasteiger partial charge is 0.475 e. The Bertz CT molecular complexity index is 713. The van der Waals surface area contributed by atoms with Gasteiger partial charge in [-0.15, -0.1) is 0 Å². The Morgan fingerprint density at radius 2 is 1.66 bits per heavy atom. The number of anilines is 2. The number of rotatable bonds is 3. The number of benzene rings is 1. The maximum atomic E-state index is 11.8. The number of nitrogens with zero attached hydrogens (tertiary/aromatic N) is 2. The highest BCUT2D eigenvalue weighted by Crippen LogP contribution is 2.30. The van der Waals surface area contributed by atoms with Crippen molar-refractivity contribution in [1.29, 1.82) is 0 Å². The number of hydrogen-bond acceptors (Lipinski definition) is 5. The summed E-state index contributed by atoms with van der Waals surface area (Å²) in [6.07, 6.45) is -2.73. The molecule has 4 N–H and O–H groups in total. The summed E-state index contributed by atoms with van der Waals surface area (Å²) in [6.45, 7) is 8.34. The molecule has 0 spiro atoms. The van der Waals surface area contributed by atoms with Gasteiger partial charge in [-0.1, -0.05) is 6.92 Å². The van der Waals surface area contributed by atoms with Gasteiger partial charge in [0.2, 0.25) is 0 Å². The third-order valence-electron chi connectivity index (χ3n) is 5.10. The van der Waals surface area contributed by atoms with Gasteiger partial charge in [0.05, 0.1) is 11.3 Å². The van der Waals surface area contributed by atoms with E-state index in [1.165, 1.54) is 18.5 Å². The number of piperazine rings is 1. The highest BCUT2D eigenvalue weighted by Gasteiger charge is 2.38. The molecule has 2 aliphatic rings. The van der Waals surface area contributed by atoms with Gasteiger partial charge in [-0.25, -0.2) is 4.79 Å². The van der Waals surface area contributed by atoms with Crippen LogP contribution in [0.4, 0.5) is 24.5 Å². The van der Waals surface area contributed by atoms with Crippen LogP contribution >= 0.6 is 0 Å². The number of halogens is 3. The van der Waals surface area contributed by atoms with Crippen LogP contribution in [-0.2, 0) is 4.79 Å². The fourth-order valence-corrected chi connectivity index (χ4v) is 3.36. The predicted octanol–water partition coefficient (Wildman–Crippen LogP) is 2.06. The molecule has 0 aliphatic carbocycles. The maximum absolute atomic E-state index is 11.8. The third-order valence-corrected chi connectivity index (χ3v) is 5.10. The number of nitrogens with two attached hydrogens (primary N) is 1. The fraction of sp³-hybridized carbons (Fsp3) is 0.579. The Morgan fingerprint density at radius 1 is 1.10 bits per heavy atom. The number of carbonyl (C=O) groups is 2. The zero-order valence-corrected chi connectivity index (χ0v) is 16.3. The number of nitrogens with one attached hydrogen (secondary N) is 1. The highest BCUT2D eigenvalue weighted by molar-refractivity contribution is 5.99. The van der Waals surface area contributed by atoms with Gasteiger partial charge >= 0.3 is 12.1 Å². The Morgan fingerprint density at radius 3 is 2.14 bits per heavy atom. The summed E-state index contributed by atoms with van der Waals surface area (Å²) >= 11 is 0. The lowest BCUT2D eigenvalue weighted by molar-refractivity contribution is -0.192. The van der Waals surface area contributed by atoms with Gasteiger partial charge in [0, 0.05) is 45.0 Å². The van der Waals surface area contributed by atoms with Crippen LogP contribution < -0.4 is 20.9 Å². The van der Waals surface area contributed by atoms with E-state index in [4.69, 9.17) is 15.6 Å². The van der Waals surface area contributed by atoms with Crippen LogP contribution in [0, 0.1) is 5.92 Å². The number of piperidine rings is 1. The van der Waals surface area contributed by atoms with Crippen LogP contribution in [-0.4, -0.2) is 62.4 Å². The number of carboxylic acid groups (broad SMARTS) is 1. The summed E-state index contributed by atoms with van der Waals surface area (Å²) in [7, 11) is 0. The molecular weight excluding hydrogens is 389 g/mol. The van der Waals surface area contributed by atoms with Crippen molar-refractivity contribution in [1.82, 2.24) is 5.32 Å². The van der Waals surface area contributed by atoms with Crippen molar-refractivity contribution in [2.24, 2.45) is 11.7 Å². The van der Waals surface area contributed by atoms with Gasteiger partial charge in [-0.2, -0.15) is 13.2 Å². The molecule has 1 aromatic rings. The average Bonchev–Trinajstić information content (AvgIpc) is 2.68. The molecule has 0 radical (unpaired) electrons. The molecule has 162 valence electrons. The number of carboxylic acids is 1. The number of hydrogen-bond donors (Lipinski definition) is 3. The second-order valence-electron chi connectivity index (χ2n) is 7.28. The topological polar surface area (TPSA) is 98.9 Å². The van der Waals surface area contributed by atoms with E-state index in [0.717, 1.165) is 50.9 Å². The van der Waals surface area contributed by atoms with Crippen molar-refractivity contribution >= 4 is 23.3 Å². The molecule has 2 saturated heterocycles. The van der Waals surface area contributed by atoms with E-state index in [1.807, 2.05) is 12.1 Å². The molecule has 29 heavy (non-hydrogen) atoms. The highest BCUT2D eigenvalue weighted by atomic mass is 19.4. The standard InChI is InChI=1S/C17H26N4O.C2HF3O2/c1-13-4-8-21(9-5-13)16-12-14(2-3-15(16)17(18)22)20-10-6-19-7-11-20;3-2(4,5)1(6)7/h2-3,12-13,19H,4-11H2,1H3,(H2,18,22);(H,6,7). The van der Waals surface area contributed by atoms with Gasteiger partial charge in [-0.3, -0.25) is 4.79 Å². The zero-order valence-electron chi connectivity index (χ0n) is 16.3. The normalized spacial score (nSPS) is 18.1. The lowest BCUT2D eigenvalue weighted by Crippen LogP contribution is -2.43. The largest absolute Gasteiger partial charge is 0.490 e. The molecule has 0 saturated carbocycles. The number of primary amides is 1. The van der Waals surface area contributed by atoms with Crippen molar-refractivity contribution in [3.8, 4) is 0 Å². The Labute approximate surface area is 167 Å². The van der Waals surface area contributed by atoms with E-state index in [9.17, 15) is 18.0 Å². The molecule has 0 atom stereocenters. The van der Waals surface area contributed by atoms with Gasteiger partial charge in [-0.05, 0) is 37.0 Å². The van der Waals surface area contributed by atoms with E-state index >= 15 is 0 Å². The number of aliphatic carboxylic acids is 1. The number of amides is 1. The zero-order chi connectivity index (χ0) is 21.6. The van der Waals surface area contributed by atoms with Crippen LogP contribution in [0.1, 0.15) is 30.1 Å². The van der Waals surface area contributed by atoms with E-state index in [2.05, 4.69) is 28.1 Å². The quantitative estimate of drug-likeness (QED) is 0.698. The molecule has 3 rings (SSSR count). The van der Waals surface area contributed by atoms with E-state index in [0.29, 0.717) is 5.56 Å². The minimum absolute atomic E-state index is 0.333. The SMILES string of the molecule is CC1CCN(c2cc(N3CCNCC3)ccc2C(N)=O)CC1.O=C(O)C(F)(F)F. The molecule has 0 aromatic heterocycles. The fourth-order valence-electron chi connectivity index (χ4n) is 3.36. The predicted molar refractivity (Wildman–Crippen MR) is 104 cm³/mol. The monoisotopic (exact) mass is 416 g/mol. The van der Waals surface area contributed by atoms with Crippen LogP contribution in [0.5, 0.6) is 0 Å². The minimum Gasteiger partial charge on any atom is -0.475 e. The molecule has 7 nitrogen and oxygen atoms in total. The van der Waals surface area contributed by atoms with Crippen LogP contribution in [0.3, 0.4) is 0 Å². The molecule has 1 amide bonds. The van der Waals surface area contributed by atoms with Crippen LogP contribution in [0.15, 0.2) is 18.2 Å². The lowest BCUT2D eigenvalue weighted by Gasteiger charge is -2.35. The van der Waals surface area contributed by atoms with E-state index in [1.54, 1.807) is 0 Å². The summed E-state index contributed by atoms with van der Waals surface area (Å²) in [4.78, 5) is 25.4. The van der Waals surface area contributed by atoms with Gasteiger partial charge in [0.25, 0.3) is 5.91 Å². The minimum atomic E-state index is -5.08. The summed E-state index contributed by atoms with van der Waals surface area (Å²) < 4.78 is 31.7. The average molecular weight is 416 g/mol. The van der Waals surface area contributed by atoms with Crippen molar-refractivity contribution < 1.29 is 27.9 Å². The maximum Gasteiger partial charge on any atom is 0.490 e. The Balaban J connectivity index is 0.000000370. The van der Waals surface area contributed by atoms with Gasteiger partial charge in [0.1, 0.15) is 0 Å². The Kier molecular flexibility index (Phi) is 7.72. The lowest BCUT2D eigenvalue weighted by atomic mass is 9.97. The third kappa shape index (κ3) is 6.52. The molecule has 2 heterocycles. The van der Waals surface area contributed by atoms with E-state index in [-0.39, 0.29) is 5.91 Å². The molecule has 10 heteroatoms. The Hall–Kier alpha value is -2.49. The van der Waals surface area contributed by atoms with Crippen molar-refractivity contribution in [2.45, 2.75) is 25.9 Å². The van der Waals surface area contributed by atoms with Gasteiger partial charge in [0.15, 0.2) is 0 Å². The first-order valence-electron chi connectivity index (χ1n) is 9.54. The first kappa shape index (κ1) is 22.8. The molecule has 2 aliphatic heterocycles. The summed E-state index contributed by atoms with van der Waals surface area (Å²) in [5, 5.41) is 10.5. The van der Waals surface area contributed by atoms with Crippen LogP contribution in [0.25, 0.3) is 0 Å². The summed E-state index contributed by atoms with van der Waals surface area (Å²) in [5.41, 5.74) is 8.44. The second kappa shape index (κ2) is 9.82. The van der Waals surface area contributed by atoms with Crippen molar-refractivity contribution in [3.05, 3.63) is 23.8 Å². The van der Waals surface area contributed by atoms with Crippen LogP contribution in [0.2, 0.25) is 0 Å². The number of carbonyl (C=O) groups excluding carboxylic acids is 1. The molecule has 1 aromatic carbocycles. The van der Waals surface area contributed by atoms with Crippen molar-refractivity contribution in [3.63, 3.8) is 0 Å². The molecule has 2 fully saturated rings. The van der Waals surface area contributed by atoms with E-state index < -0.39 is 12.1 Å². The first-order chi connectivity index (χ1) is 13.6. The second-order valence-corrected chi connectivity index (χ2v) is 7.28. The molecule has 0 unspecified atom stereocenters. The summed E-state index contributed by atoms with van der Waals surface area (Å²) in [6, 6.07) is 6.08. The summed E-state index contributed by atoms with van der Waals surface area (Å²) in [5.74, 6) is -2.32. The first-order valence-corrected chi connectivity index (χ1v) is 9.54. The van der Waals surface area contributed by atoms with Gasteiger partial charge < -0.3 is 26.0 Å². The van der Waals surface area contributed by atoms with Crippen molar-refractivity contribution in [2.75, 3.05) is 49.1 Å².